The van der Waals surface area contributed by atoms with Crippen molar-refractivity contribution < 1.29 is 14.3 Å². The van der Waals surface area contributed by atoms with Crippen LogP contribution in [-0.2, 0) is 14.3 Å². The Morgan fingerprint density at radius 3 is 2.36 bits per heavy atom. The summed E-state index contributed by atoms with van der Waals surface area (Å²) in [6.45, 7) is 10.7. The van der Waals surface area contributed by atoms with Crippen molar-refractivity contribution >= 4 is 5.91 Å². The lowest BCUT2D eigenvalue weighted by Gasteiger charge is -2.48. The highest BCUT2D eigenvalue weighted by molar-refractivity contribution is 5.78. The van der Waals surface area contributed by atoms with Crippen molar-refractivity contribution in [3.8, 4) is 0 Å². The van der Waals surface area contributed by atoms with Gasteiger partial charge in [0.1, 0.15) is 0 Å². The van der Waals surface area contributed by atoms with E-state index in [1.54, 1.807) is 0 Å². The molecule has 6 heteroatoms. The molecular weight excluding hydrogens is 318 g/mol. The Labute approximate surface area is 152 Å². The highest BCUT2D eigenvalue weighted by atomic mass is 16.5. The highest BCUT2D eigenvalue weighted by Gasteiger charge is 2.39. The first-order valence-corrected chi connectivity index (χ1v) is 10.0. The molecule has 0 radical (unpaired) electrons. The fourth-order valence-electron chi connectivity index (χ4n) is 4.79. The van der Waals surface area contributed by atoms with E-state index in [-0.39, 0.29) is 23.7 Å². The van der Waals surface area contributed by atoms with Crippen molar-refractivity contribution in [1.82, 2.24) is 15.1 Å². The Balaban J connectivity index is 1.52. The van der Waals surface area contributed by atoms with Crippen LogP contribution in [0.15, 0.2) is 0 Å². The van der Waals surface area contributed by atoms with E-state index in [1.165, 1.54) is 32.1 Å². The van der Waals surface area contributed by atoms with Gasteiger partial charge in [0.2, 0.25) is 5.91 Å². The molecular formula is C19H35N3O3. The molecule has 1 amide bonds. The summed E-state index contributed by atoms with van der Waals surface area (Å²) < 4.78 is 11.3. The zero-order valence-corrected chi connectivity index (χ0v) is 16.0. The van der Waals surface area contributed by atoms with Gasteiger partial charge in [0.25, 0.3) is 0 Å². The van der Waals surface area contributed by atoms with Crippen LogP contribution in [0.5, 0.6) is 0 Å². The van der Waals surface area contributed by atoms with Crippen LogP contribution in [-0.4, -0.2) is 85.9 Å². The second kappa shape index (κ2) is 8.80. The quantitative estimate of drug-likeness (QED) is 0.806. The first-order valence-electron chi connectivity index (χ1n) is 10.0. The molecule has 0 aromatic heterocycles. The smallest absolute Gasteiger partial charge is 0.234 e. The monoisotopic (exact) mass is 353 g/mol. The topological polar surface area (TPSA) is 54.0 Å². The van der Waals surface area contributed by atoms with E-state index >= 15 is 0 Å². The number of hydrogen-bond donors (Lipinski definition) is 1. The Morgan fingerprint density at radius 1 is 1.08 bits per heavy atom. The Hall–Kier alpha value is -0.690. The number of morpholine rings is 2. The van der Waals surface area contributed by atoms with Gasteiger partial charge in [0, 0.05) is 38.3 Å². The minimum absolute atomic E-state index is 0.142. The Kier molecular flexibility index (Phi) is 6.72. The second-order valence-corrected chi connectivity index (χ2v) is 8.11. The standard InChI is InChI=1S/C19H35N3O3/c1-16-12-21(13-17(2)25-16)14-18(23)20-15-19(6-4-3-5-7-19)22-8-10-24-11-9-22/h16-17H,3-15H2,1-2H3,(H,20,23). The third kappa shape index (κ3) is 5.16. The number of rotatable bonds is 5. The lowest BCUT2D eigenvalue weighted by Crippen LogP contribution is -2.60. The van der Waals surface area contributed by atoms with Gasteiger partial charge < -0.3 is 14.8 Å². The zero-order chi connectivity index (χ0) is 17.7. The number of carbonyl (C=O) groups excluding carboxylic acids is 1. The van der Waals surface area contributed by atoms with Gasteiger partial charge in [-0.25, -0.2) is 0 Å². The maximum atomic E-state index is 12.6. The minimum Gasteiger partial charge on any atom is -0.379 e. The van der Waals surface area contributed by atoms with E-state index in [0.717, 1.165) is 45.9 Å². The molecule has 6 nitrogen and oxygen atoms in total. The van der Waals surface area contributed by atoms with Crippen molar-refractivity contribution in [2.45, 2.75) is 63.7 Å². The summed E-state index contributed by atoms with van der Waals surface area (Å²) in [6, 6.07) is 0. The molecule has 2 atom stereocenters. The minimum atomic E-state index is 0.142. The zero-order valence-electron chi connectivity index (χ0n) is 16.0. The summed E-state index contributed by atoms with van der Waals surface area (Å²) in [5.41, 5.74) is 0.142. The van der Waals surface area contributed by atoms with Gasteiger partial charge in [-0.15, -0.1) is 0 Å². The van der Waals surface area contributed by atoms with Gasteiger partial charge in [0.15, 0.2) is 0 Å². The lowest BCUT2D eigenvalue weighted by molar-refractivity contribution is -0.127. The van der Waals surface area contributed by atoms with E-state index in [2.05, 4.69) is 29.0 Å². The summed E-state index contributed by atoms with van der Waals surface area (Å²) in [5, 5.41) is 3.26. The second-order valence-electron chi connectivity index (χ2n) is 8.11. The van der Waals surface area contributed by atoms with E-state index in [0.29, 0.717) is 6.54 Å². The van der Waals surface area contributed by atoms with Crippen molar-refractivity contribution in [3.05, 3.63) is 0 Å². The molecule has 144 valence electrons. The average Bonchev–Trinajstić information content (AvgIpc) is 2.61. The summed E-state index contributed by atoms with van der Waals surface area (Å²) in [6.07, 6.45) is 6.66. The molecule has 2 saturated heterocycles. The van der Waals surface area contributed by atoms with Crippen LogP contribution >= 0.6 is 0 Å². The normalized spacial score (nSPS) is 31.6. The largest absolute Gasteiger partial charge is 0.379 e. The number of nitrogens with zero attached hydrogens (tertiary/aromatic N) is 2. The molecule has 1 aliphatic carbocycles. The first-order chi connectivity index (χ1) is 12.1. The molecule has 3 fully saturated rings. The molecule has 0 aromatic carbocycles. The molecule has 2 heterocycles. The Morgan fingerprint density at radius 2 is 1.72 bits per heavy atom. The molecule has 0 spiro atoms. The van der Waals surface area contributed by atoms with Gasteiger partial charge in [-0.05, 0) is 26.7 Å². The van der Waals surface area contributed by atoms with Gasteiger partial charge in [0.05, 0.1) is 32.0 Å². The van der Waals surface area contributed by atoms with Crippen LogP contribution in [0.25, 0.3) is 0 Å². The maximum Gasteiger partial charge on any atom is 0.234 e. The van der Waals surface area contributed by atoms with Crippen LogP contribution in [0.4, 0.5) is 0 Å². The van der Waals surface area contributed by atoms with Gasteiger partial charge >= 0.3 is 0 Å². The first kappa shape index (κ1) is 19.1. The number of amides is 1. The van der Waals surface area contributed by atoms with Crippen LogP contribution in [0.1, 0.15) is 46.0 Å². The molecule has 1 saturated carbocycles. The molecule has 3 rings (SSSR count). The van der Waals surface area contributed by atoms with E-state index in [9.17, 15) is 4.79 Å². The van der Waals surface area contributed by atoms with Crippen LogP contribution in [0.3, 0.4) is 0 Å². The van der Waals surface area contributed by atoms with Crippen LogP contribution in [0, 0.1) is 0 Å². The number of carbonyl (C=O) groups is 1. The van der Waals surface area contributed by atoms with E-state index in [4.69, 9.17) is 9.47 Å². The fraction of sp³-hybridized carbons (Fsp3) is 0.947. The lowest BCUT2D eigenvalue weighted by atomic mass is 9.79. The van der Waals surface area contributed by atoms with Crippen molar-refractivity contribution in [2.75, 3.05) is 52.5 Å². The summed E-state index contributed by atoms with van der Waals surface area (Å²) in [4.78, 5) is 17.4. The van der Waals surface area contributed by atoms with Crippen LogP contribution < -0.4 is 5.32 Å². The van der Waals surface area contributed by atoms with Crippen molar-refractivity contribution in [3.63, 3.8) is 0 Å². The SMILES string of the molecule is CC1CN(CC(=O)NCC2(N3CCOCC3)CCCCC2)CC(C)O1. The van der Waals surface area contributed by atoms with Gasteiger partial charge in [-0.2, -0.15) is 0 Å². The summed E-state index contributed by atoms with van der Waals surface area (Å²) >= 11 is 0. The van der Waals surface area contributed by atoms with E-state index in [1.807, 2.05) is 0 Å². The summed E-state index contributed by atoms with van der Waals surface area (Å²) in [5.74, 6) is 0.152. The average molecular weight is 354 g/mol. The third-order valence-corrected chi connectivity index (χ3v) is 5.94. The van der Waals surface area contributed by atoms with Gasteiger partial charge in [-0.3, -0.25) is 14.6 Å². The number of hydrogen-bond acceptors (Lipinski definition) is 5. The molecule has 0 aromatic rings. The third-order valence-electron chi connectivity index (χ3n) is 5.94. The Bertz CT molecular complexity index is 424. The van der Waals surface area contributed by atoms with Crippen molar-refractivity contribution in [1.29, 1.82) is 0 Å². The highest BCUT2D eigenvalue weighted by Crippen LogP contribution is 2.33. The molecule has 2 aliphatic heterocycles. The predicted octanol–water partition coefficient (Wildman–Crippen LogP) is 1.25. The molecule has 1 N–H and O–H groups in total. The molecule has 25 heavy (non-hydrogen) atoms. The summed E-state index contributed by atoms with van der Waals surface area (Å²) in [7, 11) is 0. The fourth-order valence-corrected chi connectivity index (χ4v) is 4.79. The number of nitrogens with one attached hydrogen (secondary N) is 1. The molecule has 2 unspecified atom stereocenters. The van der Waals surface area contributed by atoms with Crippen LogP contribution in [0.2, 0.25) is 0 Å². The maximum absolute atomic E-state index is 12.6. The van der Waals surface area contributed by atoms with Crippen molar-refractivity contribution in [2.24, 2.45) is 0 Å². The predicted molar refractivity (Wildman–Crippen MR) is 97.7 cm³/mol. The van der Waals surface area contributed by atoms with E-state index < -0.39 is 0 Å². The van der Waals surface area contributed by atoms with Gasteiger partial charge in [-0.1, -0.05) is 19.3 Å². The molecule has 3 aliphatic rings. The molecule has 0 bridgehead atoms. The number of ether oxygens (including phenoxy) is 2.